The molecule has 1 saturated heterocycles. The van der Waals surface area contributed by atoms with Crippen molar-refractivity contribution in [3.63, 3.8) is 0 Å². The number of methoxy groups -OCH3 is 1. The highest BCUT2D eigenvalue weighted by molar-refractivity contribution is 7.99. The van der Waals surface area contributed by atoms with Crippen molar-refractivity contribution in [2.45, 2.75) is 51.7 Å². The van der Waals surface area contributed by atoms with E-state index in [1.165, 1.54) is 6.92 Å². The molecule has 0 aliphatic carbocycles. The molecule has 1 amide bonds. The van der Waals surface area contributed by atoms with Gasteiger partial charge in [-0.3, -0.25) is 4.79 Å². The number of nitrogens with one attached hydrogen (secondary N) is 2. The van der Waals surface area contributed by atoms with Crippen molar-refractivity contribution in [3.8, 4) is 5.75 Å². The van der Waals surface area contributed by atoms with Crippen molar-refractivity contribution in [2.75, 3.05) is 29.2 Å². The number of amides is 1. The van der Waals surface area contributed by atoms with Crippen LogP contribution in [0.5, 0.6) is 5.75 Å². The van der Waals surface area contributed by atoms with Crippen molar-refractivity contribution in [3.05, 3.63) is 52.8 Å². The topological polar surface area (TPSA) is 76.1 Å². The minimum atomic E-state index is -4.55. The van der Waals surface area contributed by atoms with Crippen LogP contribution in [0, 0.1) is 6.92 Å². The van der Waals surface area contributed by atoms with E-state index in [1.807, 2.05) is 17.8 Å². The van der Waals surface area contributed by atoms with Crippen molar-refractivity contribution in [1.29, 1.82) is 0 Å². The molecule has 36 heavy (non-hydrogen) atoms. The Morgan fingerprint density at radius 1 is 1.14 bits per heavy atom. The van der Waals surface area contributed by atoms with Gasteiger partial charge < -0.3 is 15.4 Å². The second kappa shape index (κ2) is 10.5. The Bertz CT molecular complexity index is 1280. The largest absolute Gasteiger partial charge is 0.496 e. The third-order valence-electron chi connectivity index (χ3n) is 6.28. The van der Waals surface area contributed by atoms with Gasteiger partial charge in [-0.2, -0.15) is 24.9 Å². The monoisotopic (exact) mass is 518 g/mol. The highest BCUT2D eigenvalue weighted by Gasteiger charge is 2.32. The number of carbonyl (C=O) groups is 1. The van der Waals surface area contributed by atoms with Crippen LogP contribution >= 0.6 is 11.8 Å². The van der Waals surface area contributed by atoms with E-state index in [0.717, 1.165) is 53.2 Å². The zero-order valence-electron chi connectivity index (χ0n) is 20.6. The quantitative estimate of drug-likeness (QED) is 0.378. The lowest BCUT2D eigenvalue weighted by atomic mass is 9.91. The number of ether oxygens (including phenoxy) is 1. The highest BCUT2D eigenvalue weighted by Crippen LogP contribution is 2.40. The summed E-state index contributed by atoms with van der Waals surface area (Å²) in [4.78, 5) is 20.7. The molecule has 1 atom stereocenters. The first kappa shape index (κ1) is 26.1. The van der Waals surface area contributed by atoms with Crippen LogP contribution in [0.15, 0.2) is 30.3 Å². The summed E-state index contributed by atoms with van der Waals surface area (Å²) in [6.07, 6.45) is -2.45. The van der Waals surface area contributed by atoms with Crippen LogP contribution in [0.1, 0.15) is 61.2 Å². The highest BCUT2D eigenvalue weighted by atomic mass is 32.2. The molecule has 4 rings (SSSR count). The van der Waals surface area contributed by atoms with E-state index in [0.29, 0.717) is 28.6 Å². The van der Waals surface area contributed by atoms with Crippen LogP contribution in [0.25, 0.3) is 10.9 Å². The summed E-state index contributed by atoms with van der Waals surface area (Å²) in [6.45, 7) is 4.79. The maximum atomic E-state index is 13.6. The molecule has 2 aromatic carbocycles. The number of aromatic nitrogens is 2. The molecule has 1 aromatic heterocycles. The van der Waals surface area contributed by atoms with Crippen molar-refractivity contribution in [2.24, 2.45) is 0 Å². The average molecular weight is 519 g/mol. The third-order valence-corrected chi connectivity index (χ3v) is 7.33. The molecule has 1 fully saturated rings. The fourth-order valence-corrected chi connectivity index (χ4v) is 5.64. The van der Waals surface area contributed by atoms with Gasteiger partial charge in [-0.15, -0.1) is 0 Å². The zero-order chi connectivity index (χ0) is 26.0. The molecule has 10 heteroatoms. The van der Waals surface area contributed by atoms with Crippen LogP contribution in [0.3, 0.4) is 0 Å². The lowest BCUT2D eigenvalue weighted by Crippen LogP contribution is -2.14. The first-order valence-corrected chi connectivity index (χ1v) is 12.9. The number of benzene rings is 2. The summed E-state index contributed by atoms with van der Waals surface area (Å²) >= 11 is 1.94. The SMILES string of the molecule is COc1cc2nc(C)nc(NC(C)c3cc(NC(C)=O)cc(C(F)(F)F)c3)c2cc1C1CCSCC1. The van der Waals surface area contributed by atoms with Crippen LogP contribution < -0.4 is 15.4 Å². The molecule has 1 unspecified atom stereocenters. The maximum absolute atomic E-state index is 13.6. The van der Waals surface area contributed by atoms with E-state index >= 15 is 0 Å². The molecule has 0 bridgehead atoms. The van der Waals surface area contributed by atoms with Gasteiger partial charge in [-0.05, 0) is 79.5 Å². The Morgan fingerprint density at radius 3 is 2.50 bits per heavy atom. The summed E-state index contributed by atoms with van der Waals surface area (Å²) in [5.74, 6) is 3.95. The molecule has 2 heterocycles. The first-order chi connectivity index (χ1) is 17.0. The maximum Gasteiger partial charge on any atom is 0.416 e. The lowest BCUT2D eigenvalue weighted by molar-refractivity contribution is -0.137. The van der Waals surface area contributed by atoms with E-state index in [9.17, 15) is 18.0 Å². The molecule has 3 aromatic rings. The number of alkyl halides is 3. The number of nitrogens with zero attached hydrogens (tertiary/aromatic N) is 2. The van der Waals surface area contributed by atoms with Crippen molar-refractivity contribution >= 4 is 40.1 Å². The van der Waals surface area contributed by atoms with E-state index in [-0.39, 0.29) is 5.69 Å². The number of halogens is 3. The van der Waals surface area contributed by atoms with Gasteiger partial charge in [0.2, 0.25) is 5.91 Å². The minimum absolute atomic E-state index is 0.0897. The molecule has 1 aliphatic heterocycles. The van der Waals surface area contributed by atoms with E-state index in [2.05, 4.69) is 26.7 Å². The summed E-state index contributed by atoms with van der Waals surface area (Å²) in [5.41, 5.74) is 1.43. The van der Waals surface area contributed by atoms with E-state index < -0.39 is 23.7 Å². The Morgan fingerprint density at radius 2 is 1.86 bits per heavy atom. The molecule has 0 saturated carbocycles. The van der Waals surface area contributed by atoms with Gasteiger partial charge in [0.15, 0.2) is 0 Å². The lowest BCUT2D eigenvalue weighted by Gasteiger charge is -2.25. The number of hydrogen-bond donors (Lipinski definition) is 2. The Kier molecular flexibility index (Phi) is 7.63. The fourth-order valence-electron chi connectivity index (χ4n) is 4.53. The number of hydrogen-bond acceptors (Lipinski definition) is 6. The van der Waals surface area contributed by atoms with Crippen molar-refractivity contribution in [1.82, 2.24) is 9.97 Å². The van der Waals surface area contributed by atoms with Gasteiger partial charge in [0.1, 0.15) is 17.4 Å². The molecule has 2 N–H and O–H groups in total. The second-order valence-electron chi connectivity index (χ2n) is 9.01. The molecule has 0 radical (unpaired) electrons. The predicted molar refractivity (Wildman–Crippen MR) is 138 cm³/mol. The van der Waals surface area contributed by atoms with Gasteiger partial charge in [0, 0.05) is 24.1 Å². The van der Waals surface area contributed by atoms with Gasteiger partial charge >= 0.3 is 6.18 Å². The third kappa shape index (κ3) is 5.86. The van der Waals surface area contributed by atoms with Gasteiger partial charge in [0.25, 0.3) is 0 Å². The van der Waals surface area contributed by atoms with E-state index in [4.69, 9.17) is 4.74 Å². The van der Waals surface area contributed by atoms with Gasteiger partial charge in [0.05, 0.1) is 24.2 Å². The Hall–Kier alpha value is -3.01. The number of rotatable bonds is 6. The number of aryl methyl sites for hydroxylation is 1. The second-order valence-corrected chi connectivity index (χ2v) is 10.2. The molecular formula is C26H29F3N4O2S. The van der Waals surface area contributed by atoms with Crippen LogP contribution in [-0.2, 0) is 11.0 Å². The van der Waals surface area contributed by atoms with Gasteiger partial charge in [-0.25, -0.2) is 9.97 Å². The fraction of sp³-hybridized carbons (Fsp3) is 0.423. The molecule has 6 nitrogen and oxygen atoms in total. The van der Waals surface area contributed by atoms with Crippen LogP contribution in [0.2, 0.25) is 0 Å². The number of thioether (sulfide) groups is 1. The van der Waals surface area contributed by atoms with E-state index in [1.54, 1.807) is 27.0 Å². The normalized spacial score (nSPS) is 15.5. The molecule has 0 spiro atoms. The molecular weight excluding hydrogens is 489 g/mol. The standard InChI is InChI=1S/C26H29F3N4O2S/c1-14(18-9-19(26(27,28)29)11-20(10-18)33-16(3)34)30-25-22-12-21(17-5-7-36-8-6-17)24(35-4)13-23(22)31-15(2)32-25/h9-14,17H,5-8H2,1-4H3,(H,33,34)(H,30,31,32). The summed E-state index contributed by atoms with van der Waals surface area (Å²) < 4.78 is 46.4. The number of fused-ring (bicyclic) bond motifs is 1. The Labute approximate surface area is 212 Å². The number of anilines is 2. The first-order valence-electron chi connectivity index (χ1n) is 11.8. The Balaban J connectivity index is 1.75. The minimum Gasteiger partial charge on any atom is -0.496 e. The number of carbonyl (C=O) groups excluding carboxylic acids is 1. The summed E-state index contributed by atoms with van der Waals surface area (Å²) in [7, 11) is 1.65. The molecule has 1 aliphatic rings. The van der Waals surface area contributed by atoms with Crippen molar-refractivity contribution < 1.29 is 22.7 Å². The van der Waals surface area contributed by atoms with Crippen LogP contribution in [0.4, 0.5) is 24.7 Å². The molecule has 192 valence electrons. The smallest absolute Gasteiger partial charge is 0.416 e. The van der Waals surface area contributed by atoms with Gasteiger partial charge in [-0.1, -0.05) is 0 Å². The van der Waals surface area contributed by atoms with Crippen LogP contribution in [-0.4, -0.2) is 34.5 Å². The average Bonchev–Trinajstić information content (AvgIpc) is 2.82. The predicted octanol–water partition coefficient (Wildman–Crippen LogP) is 6.71. The summed E-state index contributed by atoms with van der Waals surface area (Å²) in [5, 5.41) is 6.54. The summed E-state index contributed by atoms with van der Waals surface area (Å²) in [6, 6.07) is 7.00. The zero-order valence-corrected chi connectivity index (χ0v) is 21.4.